The maximum absolute atomic E-state index is 5.80. The minimum atomic E-state index is 0.828. The predicted molar refractivity (Wildman–Crippen MR) is 58.0 cm³/mol. The maximum atomic E-state index is 5.80. The van der Waals surface area contributed by atoms with Crippen molar-refractivity contribution < 1.29 is 0 Å². The summed E-state index contributed by atoms with van der Waals surface area (Å²) in [4.78, 5) is 2.82. The first-order valence-corrected chi connectivity index (χ1v) is 6.34. The molecule has 14 heavy (non-hydrogen) atoms. The number of nitrogens with zero attached hydrogens (tertiary/aromatic N) is 1. The second-order valence-electron chi connectivity index (χ2n) is 5.51. The first-order valence-electron chi connectivity index (χ1n) is 6.34. The number of nitrogens with two attached hydrogens (primary N) is 1. The van der Waals surface area contributed by atoms with Crippen LogP contribution in [-0.2, 0) is 0 Å². The van der Waals surface area contributed by atoms with E-state index in [1.54, 1.807) is 0 Å². The van der Waals surface area contributed by atoms with Gasteiger partial charge in [-0.1, -0.05) is 0 Å². The molecule has 2 heteroatoms. The Morgan fingerprint density at radius 2 is 1.79 bits per heavy atom. The summed E-state index contributed by atoms with van der Waals surface area (Å²) in [6.45, 7) is 2.31. The summed E-state index contributed by atoms with van der Waals surface area (Å²) < 4.78 is 0. The topological polar surface area (TPSA) is 29.3 Å². The second-order valence-corrected chi connectivity index (χ2v) is 5.51. The SMILES string of the molecule is NCC1CCC1N(CC1CC1)C1CC1. The summed E-state index contributed by atoms with van der Waals surface area (Å²) in [5.74, 6) is 1.88. The Morgan fingerprint density at radius 3 is 2.21 bits per heavy atom. The van der Waals surface area contributed by atoms with E-state index in [-0.39, 0.29) is 0 Å². The van der Waals surface area contributed by atoms with Crippen molar-refractivity contribution in [2.75, 3.05) is 13.1 Å². The molecule has 2 nitrogen and oxygen atoms in total. The van der Waals surface area contributed by atoms with Crippen molar-refractivity contribution in [2.24, 2.45) is 17.6 Å². The Bertz CT molecular complexity index is 206. The average Bonchev–Trinajstić information content (AvgIpc) is 2.98. The molecular formula is C12H22N2. The van der Waals surface area contributed by atoms with E-state index in [0.717, 1.165) is 30.5 Å². The lowest BCUT2D eigenvalue weighted by molar-refractivity contribution is 0.0556. The van der Waals surface area contributed by atoms with Crippen LogP contribution in [0.4, 0.5) is 0 Å². The minimum absolute atomic E-state index is 0.828. The molecule has 0 spiro atoms. The molecule has 2 unspecified atom stereocenters. The van der Waals surface area contributed by atoms with Crippen molar-refractivity contribution in [1.82, 2.24) is 4.90 Å². The number of hydrogen-bond donors (Lipinski definition) is 1. The monoisotopic (exact) mass is 194 g/mol. The van der Waals surface area contributed by atoms with Gasteiger partial charge in [0.15, 0.2) is 0 Å². The molecule has 0 aliphatic heterocycles. The van der Waals surface area contributed by atoms with E-state index in [0.29, 0.717) is 0 Å². The van der Waals surface area contributed by atoms with E-state index in [1.807, 2.05) is 0 Å². The van der Waals surface area contributed by atoms with Gasteiger partial charge in [0.2, 0.25) is 0 Å². The molecule has 2 N–H and O–H groups in total. The van der Waals surface area contributed by atoms with Gasteiger partial charge in [0.1, 0.15) is 0 Å². The molecule has 3 saturated carbocycles. The molecule has 0 aromatic rings. The van der Waals surface area contributed by atoms with E-state index < -0.39 is 0 Å². The van der Waals surface area contributed by atoms with Crippen LogP contribution in [-0.4, -0.2) is 30.1 Å². The summed E-state index contributed by atoms with van der Waals surface area (Å²) in [6.07, 6.45) is 8.70. The minimum Gasteiger partial charge on any atom is -0.330 e. The maximum Gasteiger partial charge on any atom is 0.0139 e. The Kier molecular flexibility index (Phi) is 2.29. The molecule has 0 saturated heterocycles. The number of hydrogen-bond acceptors (Lipinski definition) is 2. The van der Waals surface area contributed by atoms with Gasteiger partial charge in [0, 0.05) is 18.6 Å². The zero-order chi connectivity index (χ0) is 9.54. The van der Waals surface area contributed by atoms with Crippen LogP contribution in [0, 0.1) is 11.8 Å². The smallest absolute Gasteiger partial charge is 0.0139 e. The molecule has 0 radical (unpaired) electrons. The molecule has 0 aromatic carbocycles. The first kappa shape index (κ1) is 9.17. The summed E-state index contributed by atoms with van der Waals surface area (Å²) in [5, 5.41) is 0. The summed E-state index contributed by atoms with van der Waals surface area (Å²) in [7, 11) is 0. The Balaban J connectivity index is 1.59. The lowest BCUT2D eigenvalue weighted by Gasteiger charge is -2.44. The van der Waals surface area contributed by atoms with Crippen LogP contribution < -0.4 is 5.73 Å². The van der Waals surface area contributed by atoms with Gasteiger partial charge >= 0.3 is 0 Å². The third-order valence-corrected chi connectivity index (χ3v) is 4.29. The Labute approximate surface area is 86.8 Å². The highest BCUT2D eigenvalue weighted by Crippen LogP contribution is 2.41. The highest BCUT2D eigenvalue weighted by Gasteiger charge is 2.43. The highest BCUT2D eigenvalue weighted by molar-refractivity contribution is 4.98. The van der Waals surface area contributed by atoms with Gasteiger partial charge in [0.05, 0.1) is 0 Å². The molecule has 0 bridgehead atoms. The van der Waals surface area contributed by atoms with Crippen molar-refractivity contribution in [1.29, 1.82) is 0 Å². The van der Waals surface area contributed by atoms with Crippen molar-refractivity contribution in [2.45, 2.75) is 50.6 Å². The van der Waals surface area contributed by atoms with Gasteiger partial charge < -0.3 is 5.73 Å². The molecule has 3 fully saturated rings. The quantitative estimate of drug-likeness (QED) is 0.720. The van der Waals surface area contributed by atoms with Gasteiger partial charge in [-0.15, -0.1) is 0 Å². The van der Waals surface area contributed by atoms with E-state index in [1.165, 1.54) is 45.1 Å². The van der Waals surface area contributed by atoms with Crippen LogP contribution in [0.5, 0.6) is 0 Å². The van der Waals surface area contributed by atoms with Gasteiger partial charge in [0.25, 0.3) is 0 Å². The van der Waals surface area contributed by atoms with Crippen molar-refractivity contribution >= 4 is 0 Å². The fraction of sp³-hybridized carbons (Fsp3) is 1.00. The molecule has 3 aliphatic rings. The lowest BCUT2D eigenvalue weighted by Crippen LogP contribution is -2.51. The lowest BCUT2D eigenvalue weighted by atomic mass is 9.78. The fourth-order valence-corrected chi connectivity index (χ4v) is 2.82. The van der Waals surface area contributed by atoms with Gasteiger partial charge in [-0.25, -0.2) is 0 Å². The van der Waals surface area contributed by atoms with Crippen molar-refractivity contribution in [3.05, 3.63) is 0 Å². The van der Waals surface area contributed by atoms with Gasteiger partial charge in [-0.05, 0) is 56.9 Å². The molecule has 0 heterocycles. The summed E-state index contributed by atoms with van der Waals surface area (Å²) in [5.41, 5.74) is 5.80. The van der Waals surface area contributed by atoms with E-state index in [2.05, 4.69) is 4.90 Å². The van der Waals surface area contributed by atoms with Crippen LogP contribution in [0.3, 0.4) is 0 Å². The largest absolute Gasteiger partial charge is 0.330 e. The zero-order valence-electron chi connectivity index (χ0n) is 8.99. The fourth-order valence-electron chi connectivity index (χ4n) is 2.82. The third-order valence-electron chi connectivity index (χ3n) is 4.29. The van der Waals surface area contributed by atoms with Crippen LogP contribution in [0.2, 0.25) is 0 Å². The standard InChI is InChI=1S/C12H22N2/c13-7-10-3-6-12(10)14(11-4-5-11)8-9-1-2-9/h9-12H,1-8,13H2. The summed E-state index contributed by atoms with van der Waals surface area (Å²) >= 11 is 0. The molecule has 3 rings (SSSR count). The molecule has 3 aliphatic carbocycles. The highest BCUT2D eigenvalue weighted by atomic mass is 15.2. The Morgan fingerprint density at radius 1 is 1.00 bits per heavy atom. The van der Waals surface area contributed by atoms with E-state index in [9.17, 15) is 0 Å². The van der Waals surface area contributed by atoms with Crippen molar-refractivity contribution in [3.63, 3.8) is 0 Å². The average molecular weight is 194 g/mol. The molecule has 0 amide bonds. The molecule has 0 aromatic heterocycles. The third kappa shape index (κ3) is 1.70. The van der Waals surface area contributed by atoms with E-state index >= 15 is 0 Å². The Hall–Kier alpha value is -0.0800. The van der Waals surface area contributed by atoms with Gasteiger partial charge in [-0.3, -0.25) is 4.90 Å². The molecule has 2 atom stereocenters. The summed E-state index contributed by atoms with van der Waals surface area (Å²) in [6, 6.07) is 1.82. The van der Waals surface area contributed by atoms with Crippen LogP contribution in [0.1, 0.15) is 38.5 Å². The molecular weight excluding hydrogens is 172 g/mol. The van der Waals surface area contributed by atoms with Gasteiger partial charge in [-0.2, -0.15) is 0 Å². The molecule has 80 valence electrons. The van der Waals surface area contributed by atoms with Crippen LogP contribution in [0.25, 0.3) is 0 Å². The first-order chi connectivity index (χ1) is 6.88. The normalized spacial score (nSPS) is 37.3. The number of rotatable bonds is 5. The second kappa shape index (κ2) is 3.49. The van der Waals surface area contributed by atoms with Crippen LogP contribution in [0.15, 0.2) is 0 Å². The predicted octanol–water partition coefficient (Wildman–Crippen LogP) is 1.60. The zero-order valence-corrected chi connectivity index (χ0v) is 8.99. The van der Waals surface area contributed by atoms with Crippen molar-refractivity contribution in [3.8, 4) is 0 Å². The van der Waals surface area contributed by atoms with E-state index in [4.69, 9.17) is 5.73 Å². The van der Waals surface area contributed by atoms with Crippen LogP contribution >= 0.6 is 0 Å².